The molecule has 2 rings (SSSR count). The van der Waals surface area contributed by atoms with Crippen LogP contribution in [0.3, 0.4) is 0 Å². The summed E-state index contributed by atoms with van der Waals surface area (Å²) in [6.45, 7) is 1.99. The number of carbonyl (C=O) groups excluding carboxylic acids is 1. The van der Waals surface area contributed by atoms with Crippen LogP contribution in [0.25, 0.3) is 0 Å². The van der Waals surface area contributed by atoms with Crippen molar-refractivity contribution in [2.24, 2.45) is 0 Å². The number of hydrogen-bond acceptors (Lipinski definition) is 4. The van der Waals surface area contributed by atoms with Gasteiger partial charge in [0.25, 0.3) is 0 Å². The van der Waals surface area contributed by atoms with Crippen LogP contribution in [-0.4, -0.2) is 29.0 Å². The number of nitrogens with zero attached hydrogens (tertiary/aromatic N) is 2. The SMILES string of the molecule is COC(C)Cc1ncc2c(n1)CCCCC2=O. The summed E-state index contributed by atoms with van der Waals surface area (Å²) in [7, 11) is 1.68. The van der Waals surface area contributed by atoms with E-state index in [1.165, 1.54) is 0 Å². The standard InChI is InChI=1S/C13H18N2O2/c1-9(17-2)7-13-14-8-10-11(15-13)5-3-4-6-12(10)16/h8-9H,3-7H2,1-2H3. The molecule has 0 amide bonds. The van der Waals surface area contributed by atoms with Crippen molar-refractivity contribution in [2.75, 3.05) is 7.11 Å². The molecule has 17 heavy (non-hydrogen) atoms. The highest BCUT2D eigenvalue weighted by atomic mass is 16.5. The summed E-state index contributed by atoms with van der Waals surface area (Å²) in [6, 6.07) is 0. The molecule has 0 bridgehead atoms. The molecular weight excluding hydrogens is 216 g/mol. The lowest BCUT2D eigenvalue weighted by Gasteiger charge is -2.10. The van der Waals surface area contributed by atoms with Crippen LogP contribution in [0.15, 0.2) is 6.20 Å². The predicted octanol–water partition coefficient (Wildman–Crippen LogP) is 1.96. The summed E-state index contributed by atoms with van der Waals surface area (Å²) in [4.78, 5) is 20.6. The van der Waals surface area contributed by atoms with Gasteiger partial charge in [0.15, 0.2) is 5.78 Å². The molecule has 92 valence electrons. The zero-order valence-electron chi connectivity index (χ0n) is 10.4. The summed E-state index contributed by atoms with van der Waals surface area (Å²) in [6.07, 6.45) is 6.00. The van der Waals surface area contributed by atoms with E-state index in [0.29, 0.717) is 12.8 Å². The number of rotatable bonds is 3. The van der Waals surface area contributed by atoms with Crippen molar-refractivity contribution in [3.63, 3.8) is 0 Å². The highest BCUT2D eigenvalue weighted by molar-refractivity contribution is 5.97. The molecule has 1 aliphatic carbocycles. The lowest BCUT2D eigenvalue weighted by atomic mass is 10.1. The first-order valence-electron chi connectivity index (χ1n) is 6.11. The zero-order chi connectivity index (χ0) is 12.3. The first-order valence-corrected chi connectivity index (χ1v) is 6.11. The van der Waals surface area contributed by atoms with Gasteiger partial charge in [0, 0.05) is 26.1 Å². The largest absolute Gasteiger partial charge is 0.381 e. The molecule has 1 aromatic heterocycles. The molecule has 1 aliphatic rings. The molecule has 4 nitrogen and oxygen atoms in total. The topological polar surface area (TPSA) is 52.1 Å². The van der Waals surface area contributed by atoms with Gasteiger partial charge < -0.3 is 4.74 Å². The van der Waals surface area contributed by atoms with E-state index in [9.17, 15) is 4.79 Å². The van der Waals surface area contributed by atoms with Crippen molar-refractivity contribution in [3.05, 3.63) is 23.3 Å². The number of ketones is 1. The fourth-order valence-corrected chi connectivity index (χ4v) is 2.03. The molecule has 0 saturated carbocycles. The average Bonchev–Trinajstić information content (AvgIpc) is 2.51. The minimum atomic E-state index is 0.106. The number of fused-ring (bicyclic) bond motifs is 1. The second-order valence-corrected chi connectivity index (χ2v) is 4.53. The maximum absolute atomic E-state index is 11.8. The molecular formula is C13H18N2O2. The Balaban J connectivity index is 2.23. The number of Topliss-reactive ketones (excluding diaryl/α,β-unsaturated/α-hetero) is 1. The summed E-state index contributed by atoms with van der Waals surface area (Å²) in [5.74, 6) is 0.955. The van der Waals surface area contributed by atoms with Crippen LogP contribution in [0.5, 0.6) is 0 Å². The number of ether oxygens (including phenoxy) is 1. The van der Waals surface area contributed by atoms with Gasteiger partial charge in [-0.05, 0) is 26.2 Å². The van der Waals surface area contributed by atoms with E-state index in [1.54, 1.807) is 13.3 Å². The highest BCUT2D eigenvalue weighted by Gasteiger charge is 2.18. The van der Waals surface area contributed by atoms with Gasteiger partial charge in [0.1, 0.15) is 5.82 Å². The number of methoxy groups -OCH3 is 1. The summed E-state index contributed by atoms with van der Waals surface area (Å²) in [5.41, 5.74) is 1.64. The normalized spacial score (nSPS) is 17.4. The van der Waals surface area contributed by atoms with Crippen LogP contribution in [0.2, 0.25) is 0 Å². The van der Waals surface area contributed by atoms with Gasteiger partial charge in [0.2, 0.25) is 0 Å². The third-order valence-corrected chi connectivity index (χ3v) is 3.16. The van der Waals surface area contributed by atoms with Crippen LogP contribution in [0, 0.1) is 0 Å². The molecule has 1 heterocycles. The molecule has 0 saturated heterocycles. The predicted molar refractivity (Wildman–Crippen MR) is 64.1 cm³/mol. The molecule has 1 unspecified atom stereocenters. The fraction of sp³-hybridized carbons (Fsp3) is 0.615. The Kier molecular flexibility index (Phi) is 3.84. The second-order valence-electron chi connectivity index (χ2n) is 4.53. The quantitative estimate of drug-likeness (QED) is 0.750. The number of aromatic nitrogens is 2. The Bertz CT molecular complexity index is 418. The molecule has 0 fully saturated rings. The Morgan fingerprint density at radius 1 is 1.41 bits per heavy atom. The molecule has 1 aromatic rings. The van der Waals surface area contributed by atoms with Crippen LogP contribution in [-0.2, 0) is 17.6 Å². The van der Waals surface area contributed by atoms with Crippen molar-refractivity contribution < 1.29 is 9.53 Å². The number of carbonyl (C=O) groups is 1. The fourth-order valence-electron chi connectivity index (χ4n) is 2.03. The third kappa shape index (κ3) is 2.88. The van der Waals surface area contributed by atoms with Crippen LogP contribution >= 0.6 is 0 Å². The molecule has 0 spiro atoms. The van der Waals surface area contributed by atoms with Crippen molar-refractivity contribution in [1.82, 2.24) is 9.97 Å². The van der Waals surface area contributed by atoms with Crippen molar-refractivity contribution in [1.29, 1.82) is 0 Å². The van der Waals surface area contributed by atoms with Crippen molar-refractivity contribution in [2.45, 2.75) is 45.1 Å². The molecule has 0 N–H and O–H groups in total. The van der Waals surface area contributed by atoms with Crippen molar-refractivity contribution >= 4 is 5.78 Å². The molecule has 0 aromatic carbocycles. The van der Waals surface area contributed by atoms with Crippen molar-refractivity contribution in [3.8, 4) is 0 Å². The monoisotopic (exact) mass is 234 g/mol. The van der Waals surface area contributed by atoms with E-state index in [1.807, 2.05) is 6.92 Å². The van der Waals surface area contributed by atoms with Gasteiger partial charge in [-0.1, -0.05) is 0 Å². The van der Waals surface area contributed by atoms with Gasteiger partial charge in [-0.3, -0.25) is 4.79 Å². The molecule has 0 aliphatic heterocycles. The van der Waals surface area contributed by atoms with E-state index < -0.39 is 0 Å². The van der Waals surface area contributed by atoms with Crippen LogP contribution in [0.1, 0.15) is 48.1 Å². The highest BCUT2D eigenvalue weighted by Crippen LogP contribution is 2.18. The van der Waals surface area contributed by atoms with E-state index in [2.05, 4.69) is 9.97 Å². The second kappa shape index (κ2) is 5.36. The van der Waals surface area contributed by atoms with Gasteiger partial charge >= 0.3 is 0 Å². The Morgan fingerprint density at radius 2 is 2.18 bits per heavy atom. The summed E-state index contributed by atoms with van der Waals surface area (Å²) < 4.78 is 5.20. The molecule has 0 radical (unpaired) electrons. The van der Waals surface area contributed by atoms with Gasteiger partial charge in [-0.25, -0.2) is 9.97 Å². The first-order chi connectivity index (χ1) is 8.20. The van der Waals surface area contributed by atoms with E-state index in [-0.39, 0.29) is 11.9 Å². The van der Waals surface area contributed by atoms with Gasteiger partial charge in [-0.2, -0.15) is 0 Å². The molecule has 4 heteroatoms. The van der Waals surface area contributed by atoms with E-state index in [0.717, 1.165) is 36.3 Å². The lowest BCUT2D eigenvalue weighted by molar-refractivity contribution is 0.0981. The zero-order valence-corrected chi connectivity index (χ0v) is 10.4. The minimum Gasteiger partial charge on any atom is -0.381 e. The summed E-state index contributed by atoms with van der Waals surface area (Å²) in [5, 5.41) is 0. The van der Waals surface area contributed by atoms with E-state index in [4.69, 9.17) is 4.74 Å². The van der Waals surface area contributed by atoms with E-state index >= 15 is 0 Å². The summed E-state index contributed by atoms with van der Waals surface area (Å²) >= 11 is 0. The third-order valence-electron chi connectivity index (χ3n) is 3.16. The molecule has 1 atom stereocenters. The van der Waals surface area contributed by atoms with Gasteiger partial charge in [-0.15, -0.1) is 0 Å². The number of hydrogen-bond donors (Lipinski definition) is 0. The maximum Gasteiger partial charge on any atom is 0.166 e. The lowest BCUT2D eigenvalue weighted by Crippen LogP contribution is -2.14. The Labute approximate surface area is 101 Å². The number of aryl methyl sites for hydroxylation is 1. The van der Waals surface area contributed by atoms with Crippen LogP contribution in [0.4, 0.5) is 0 Å². The van der Waals surface area contributed by atoms with Crippen LogP contribution < -0.4 is 0 Å². The van der Waals surface area contributed by atoms with Gasteiger partial charge in [0.05, 0.1) is 17.4 Å². The maximum atomic E-state index is 11.8. The average molecular weight is 234 g/mol. The Morgan fingerprint density at radius 3 is 2.94 bits per heavy atom. The first kappa shape index (κ1) is 12.2. The smallest absolute Gasteiger partial charge is 0.166 e. The minimum absolute atomic E-state index is 0.106. The Hall–Kier alpha value is -1.29.